The minimum atomic E-state index is -0.339. The van der Waals surface area contributed by atoms with Crippen LogP contribution in [0.2, 0.25) is 0 Å². The van der Waals surface area contributed by atoms with E-state index in [4.69, 9.17) is 9.26 Å². The van der Waals surface area contributed by atoms with E-state index in [0.717, 1.165) is 23.4 Å². The molecule has 0 bridgehead atoms. The highest BCUT2D eigenvalue weighted by Gasteiger charge is 2.11. The fraction of sp³-hybridized carbons (Fsp3) is 0.238. The smallest absolute Gasteiger partial charge is 0.260 e. The largest absolute Gasteiger partial charge is 0.484 e. The molecule has 2 aromatic carbocycles. The second-order valence-electron chi connectivity index (χ2n) is 6.21. The molecule has 1 amide bonds. The topological polar surface area (TPSA) is 55.6 Å². The van der Waals surface area contributed by atoms with E-state index in [9.17, 15) is 9.18 Å². The number of hydrogen-bond donors (Lipinski definition) is 0. The van der Waals surface area contributed by atoms with Crippen LogP contribution in [0.3, 0.4) is 0 Å². The number of halogens is 1. The maximum absolute atomic E-state index is 12.8. The van der Waals surface area contributed by atoms with Crippen molar-refractivity contribution in [3.8, 4) is 17.0 Å². The van der Waals surface area contributed by atoms with Gasteiger partial charge in [0.1, 0.15) is 23.0 Å². The summed E-state index contributed by atoms with van der Waals surface area (Å²) in [7, 11) is 1.73. The Balaban J connectivity index is 1.41. The van der Waals surface area contributed by atoms with Gasteiger partial charge < -0.3 is 14.2 Å². The van der Waals surface area contributed by atoms with Crippen LogP contribution in [0.25, 0.3) is 11.3 Å². The number of nitrogens with zero attached hydrogens (tertiary/aromatic N) is 2. The van der Waals surface area contributed by atoms with Gasteiger partial charge in [-0.2, -0.15) is 0 Å². The van der Waals surface area contributed by atoms with Crippen molar-refractivity contribution in [1.82, 2.24) is 10.1 Å². The van der Waals surface area contributed by atoms with Gasteiger partial charge in [0.15, 0.2) is 6.61 Å². The molecule has 27 heavy (non-hydrogen) atoms. The summed E-state index contributed by atoms with van der Waals surface area (Å²) in [6.07, 6.45) is 1.44. The number of benzene rings is 2. The molecular formula is C21H21FN2O3. The van der Waals surface area contributed by atoms with Gasteiger partial charge in [-0.1, -0.05) is 35.5 Å². The number of aromatic nitrogens is 1. The van der Waals surface area contributed by atoms with Crippen LogP contribution in [0.4, 0.5) is 4.39 Å². The molecule has 140 valence electrons. The first-order valence-corrected chi connectivity index (χ1v) is 8.75. The van der Waals surface area contributed by atoms with Gasteiger partial charge in [-0.05, 0) is 30.7 Å². The van der Waals surface area contributed by atoms with Crippen molar-refractivity contribution in [2.75, 3.05) is 20.2 Å². The lowest BCUT2D eigenvalue weighted by molar-refractivity contribution is -0.132. The average molecular weight is 368 g/mol. The van der Waals surface area contributed by atoms with Crippen molar-refractivity contribution >= 4 is 5.91 Å². The molecule has 0 aliphatic heterocycles. The molecule has 0 unspecified atom stereocenters. The highest BCUT2D eigenvalue weighted by atomic mass is 19.1. The zero-order valence-electron chi connectivity index (χ0n) is 15.1. The summed E-state index contributed by atoms with van der Waals surface area (Å²) in [6.45, 7) is 0.496. The van der Waals surface area contributed by atoms with E-state index in [1.54, 1.807) is 11.9 Å². The number of hydrogen-bond acceptors (Lipinski definition) is 4. The first-order valence-electron chi connectivity index (χ1n) is 8.75. The van der Waals surface area contributed by atoms with E-state index in [1.165, 1.54) is 24.3 Å². The van der Waals surface area contributed by atoms with Crippen LogP contribution < -0.4 is 4.74 Å². The Morgan fingerprint density at radius 3 is 2.63 bits per heavy atom. The standard InChI is InChI=1S/C21H21FN2O3/c1-24(21(25)15-26-18-11-9-17(22)10-12-18)13-5-8-19-14-20(23-27-19)16-6-3-2-4-7-16/h2-4,6-7,9-12,14H,5,8,13,15H2,1H3. The summed E-state index contributed by atoms with van der Waals surface area (Å²) in [5.74, 6) is 0.779. The second-order valence-corrected chi connectivity index (χ2v) is 6.21. The van der Waals surface area contributed by atoms with Gasteiger partial charge in [-0.25, -0.2) is 4.39 Å². The average Bonchev–Trinajstić information content (AvgIpc) is 3.17. The van der Waals surface area contributed by atoms with Gasteiger partial charge in [0, 0.05) is 31.6 Å². The molecule has 5 nitrogen and oxygen atoms in total. The van der Waals surface area contributed by atoms with Crippen molar-refractivity contribution in [3.05, 3.63) is 72.2 Å². The molecule has 0 atom stereocenters. The SMILES string of the molecule is CN(CCCc1cc(-c2ccccc2)no1)C(=O)COc1ccc(F)cc1. The van der Waals surface area contributed by atoms with Crippen LogP contribution in [-0.2, 0) is 11.2 Å². The molecule has 0 aliphatic carbocycles. The lowest BCUT2D eigenvalue weighted by Crippen LogP contribution is -2.32. The molecule has 1 heterocycles. The van der Waals surface area contributed by atoms with Gasteiger partial charge >= 0.3 is 0 Å². The zero-order valence-corrected chi connectivity index (χ0v) is 15.1. The van der Waals surface area contributed by atoms with Crippen LogP contribution >= 0.6 is 0 Å². The Morgan fingerprint density at radius 2 is 1.89 bits per heavy atom. The molecular weight excluding hydrogens is 347 g/mol. The summed E-state index contributed by atoms with van der Waals surface area (Å²) in [5.41, 5.74) is 1.82. The first kappa shape index (κ1) is 18.6. The molecule has 0 N–H and O–H groups in total. The number of carbonyl (C=O) groups is 1. The van der Waals surface area contributed by atoms with Crippen LogP contribution in [0, 0.1) is 5.82 Å². The number of rotatable bonds is 8. The monoisotopic (exact) mass is 368 g/mol. The third-order valence-electron chi connectivity index (χ3n) is 4.15. The Kier molecular flexibility index (Phi) is 6.20. The molecule has 6 heteroatoms. The molecule has 0 aliphatic rings. The minimum absolute atomic E-state index is 0.0808. The third-order valence-corrected chi connectivity index (χ3v) is 4.15. The van der Waals surface area contributed by atoms with Crippen LogP contribution in [-0.4, -0.2) is 36.2 Å². The van der Waals surface area contributed by atoms with E-state index in [1.807, 2.05) is 36.4 Å². The molecule has 0 fully saturated rings. The fourth-order valence-electron chi connectivity index (χ4n) is 2.58. The van der Waals surface area contributed by atoms with Crippen molar-refractivity contribution in [3.63, 3.8) is 0 Å². The Bertz CT molecular complexity index is 863. The normalized spacial score (nSPS) is 10.6. The highest BCUT2D eigenvalue weighted by Crippen LogP contribution is 2.19. The van der Waals surface area contributed by atoms with E-state index in [-0.39, 0.29) is 18.3 Å². The fourth-order valence-corrected chi connectivity index (χ4v) is 2.58. The lowest BCUT2D eigenvalue weighted by Gasteiger charge is -2.17. The van der Waals surface area contributed by atoms with Crippen molar-refractivity contribution in [1.29, 1.82) is 0 Å². The molecule has 0 saturated heterocycles. The van der Waals surface area contributed by atoms with Crippen molar-refractivity contribution in [2.24, 2.45) is 0 Å². The number of carbonyl (C=O) groups excluding carboxylic acids is 1. The van der Waals surface area contributed by atoms with Crippen LogP contribution in [0.1, 0.15) is 12.2 Å². The Labute approximate surface area is 157 Å². The van der Waals surface area contributed by atoms with Gasteiger partial charge in [0.2, 0.25) is 0 Å². The zero-order chi connectivity index (χ0) is 19.1. The van der Waals surface area contributed by atoms with E-state index < -0.39 is 0 Å². The van der Waals surface area contributed by atoms with Crippen LogP contribution in [0.5, 0.6) is 5.75 Å². The number of aryl methyl sites for hydroxylation is 1. The van der Waals surface area contributed by atoms with Crippen molar-refractivity contribution in [2.45, 2.75) is 12.8 Å². The summed E-state index contributed by atoms with van der Waals surface area (Å²) in [5, 5.41) is 4.09. The second kappa shape index (κ2) is 8.98. The highest BCUT2D eigenvalue weighted by molar-refractivity contribution is 5.77. The Morgan fingerprint density at radius 1 is 1.15 bits per heavy atom. The number of amides is 1. The number of likely N-dealkylation sites (N-methyl/N-ethyl adjacent to an activating group) is 1. The summed E-state index contributed by atoms with van der Waals surface area (Å²) in [6, 6.07) is 17.3. The summed E-state index contributed by atoms with van der Waals surface area (Å²) in [4.78, 5) is 13.7. The predicted octanol–water partition coefficient (Wildman–Crippen LogP) is 3.95. The maximum atomic E-state index is 12.8. The quantitative estimate of drug-likeness (QED) is 0.604. The molecule has 3 rings (SSSR count). The van der Waals surface area contributed by atoms with Gasteiger partial charge in [0.25, 0.3) is 5.91 Å². The molecule has 0 saturated carbocycles. The van der Waals surface area contributed by atoms with Gasteiger partial charge in [0.05, 0.1) is 0 Å². The van der Waals surface area contributed by atoms with Crippen molar-refractivity contribution < 1.29 is 18.4 Å². The number of ether oxygens (including phenoxy) is 1. The third kappa shape index (κ3) is 5.41. The predicted molar refractivity (Wildman–Crippen MR) is 99.8 cm³/mol. The molecule has 3 aromatic rings. The lowest BCUT2D eigenvalue weighted by atomic mass is 10.1. The van der Waals surface area contributed by atoms with E-state index >= 15 is 0 Å². The van der Waals surface area contributed by atoms with Gasteiger partial charge in [-0.3, -0.25) is 4.79 Å². The van der Waals surface area contributed by atoms with E-state index in [2.05, 4.69) is 5.16 Å². The first-order chi connectivity index (χ1) is 13.1. The molecule has 0 spiro atoms. The van der Waals surface area contributed by atoms with Crippen LogP contribution in [0.15, 0.2) is 65.2 Å². The van der Waals surface area contributed by atoms with E-state index in [0.29, 0.717) is 18.7 Å². The minimum Gasteiger partial charge on any atom is -0.484 e. The Hall–Kier alpha value is -3.15. The summed E-state index contributed by atoms with van der Waals surface area (Å²) < 4.78 is 23.6. The summed E-state index contributed by atoms with van der Waals surface area (Å²) >= 11 is 0. The van der Waals surface area contributed by atoms with Gasteiger partial charge in [-0.15, -0.1) is 0 Å². The molecule has 0 radical (unpaired) electrons. The molecule has 1 aromatic heterocycles. The maximum Gasteiger partial charge on any atom is 0.260 e.